The molecule has 2 amide bonds. The minimum absolute atomic E-state index is 0.211. The van der Waals surface area contributed by atoms with Gasteiger partial charge in [0.25, 0.3) is 5.56 Å². The summed E-state index contributed by atoms with van der Waals surface area (Å²) in [5.41, 5.74) is 1.78. The van der Waals surface area contributed by atoms with E-state index in [0.29, 0.717) is 22.9 Å². The molecule has 0 aliphatic carbocycles. The molecule has 34 heavy (non-hydrogen) atoms. The van der Waals surface area contributed by atoms with Gasteiger partial charge in [-0.1, -0.05) is 6.07 Å². The number of ether oxygens (including phenoxy) is 2. The Labute approximate surface area is 204 Å². The molecule has 0 spiro atoms. The SMILES string of the molecule is COc1ccc(NC(=O)NCCn2nc(-c3sc(-c4cccs4)nc3C)ccc2=O)c(OC)c1. The van der Waals surface area contributed by atoms with Crippen molar-refractivity contribution >= 4 is 34.4 Å². The lowest BCUT2D eigenvalue weighted by Crippen LogP contribution is -2.34. The maximum absolute atomic E-state index is 12.3. The second-order valence-corrected chi connectivity index (χ2v) is 9.08. The summed E-state index contributed by atoms with van der Waals surface area (Å²) in [6, 6.07) is 11.9. The molecule has 0 saturated carbocycles. The van der Waals surface area contributed by atoms with Crippen molar-refractivity contribution < 1.29 is 14.3 Å². The summed E-state index contributed by atoms with van der Waals surface area (Å²) in [4.78, 5) is 31.3. The van der Waals surface area contributed by atoms with E-state index in [9.17, 15) is 9.59 Å². The number of hydrogen-bond donors (Lipinski definition) is 2. The van der Waals surface area contributed by atoms with Gasteiger partial charge >= 0.3 is 6.03 Å². The third-order valence-electron chi connectivity index (χ3n) is 4.89. The lowest BCUT2D eigenvalue weighted by atomic mass is 10.2. The lowest BCUT2D eigenvalue weighted by molar-refractivity contribution is 0.251. The number of nitrogens with one attached hydrogen (secondary N) is 2. The number of aromatic nitrogens is 3. The van der Waals surface area contributed by atoms with Gasteiger partial charge in [0.15, 0.2) is 0 Å². The summed E-state index contributed by atoms with van der Waals surface area (Å²) >= 11 is 3.17. The van der Waals surface area contributed by atoms with Gasteiger partial charge in [0.05, 0.1) is 41.9 Å². The van der Waals surface area contributed by atoms with Crippen LogP contribution in [0.15, 0.2) is 52.6 Å². The predicted molar refractivity (Wildman–Crippen MR) is 134 cm³/mol. The van der Waals surface area contributed by atoms with Gasteiger partial charge in [-0.25, -0.2) is 14.5 Å². The van der Waals surface area contributed by atoms with Gasteiger partial charge in [0.2, 0.25) is 0 Å². The monoisotopic (exact) mass is 497 g/mol. The van der Waals surface area contributed by atoms with Crippen LogP contribution in [0.2, 0.25) is 0 Å². The van der Waals surface area contributed by atoms with Gasteiger partial charge in [-0.2, -0.15) is 5.10 Å². The quantitative estimate of drug-likeness (QED) is 0.377. The summed E-state index contributed by atoms with van der Waals surface area (Å²) in [6.07, 6.45) is 0. The second kappa shape index (κ2) is 10.5. The number of carbonyl (C=O) groups is 1. The van der Waals surface area contributed by atoms with E-state index >= 15 is 0 Å². The van der Waals surface area contributed by atoms with Gasteiger partial charge in [-0.15, -0.1) is 22.7 Å². The zero-order chi connectivity index (χ0) is 24.1. The summed E-state index contributed by atoms with van der Waals surface area (Å²) in [5.74, 6) is 1.09. The average molecular weight is 498 g/mol. The Kier molecular flexibility index (Phi) is 7.24. The normalized spacial score (nSPS) is 10.7. The fourth-order valence-electron chi connectivity index (χ4n) is 3.21. The Morgan fingerprint density at radius 1 is 1.15 bits per heavy atom. The number of thiazole rings is 1. The zero-order valence-electron chi connectivity index (χ0n) is 18.8. The summed E-state index contributed by atoms with van der Waals surface area (Å²) in [6.45, 7) is 2.36. The largest absolute Gasteiger partial charge is 0.497 e. The minimum atomic E-state index is -0.424. The molecule has 0 aliphatic heterocycles. The van der Waals surface area contributed by atoms with Crippen LogP contribution < -0.4 is 25.7 Å². The van der Waals surface area contributed by atoms with Crippen LogP contribution in [-0.2, 0) is 6.54 Å². The number of hydrogen-bond acceptors (Lipinski definition) is 8. The molecule has 3 heterocycles. The van der Waals surface area contributed by atoms with Gasteiger partial charge in [-0.3, -0.25) is 4.79 Å². The first-order valence-corrected chi connectivity index (χ1v) is 12.0. The molecule has 0 saturated heterocycles. The van der Waals surface area contributed by atoms with Crippen LogP contribution in [0.4, 0.5) is 10.5 Å². The van der Waals surface area contributed by atoms with E-state index in [2.05, 4.69) is 20.7 Å². The number of aryl methyl sites for hydroxylation is 1. The number of nitrogens with zero attached hydrogens (tertiary/aromatic N) is 3. The molecule has 0 fully saturated rings. The first-order valence-electron chi connectivity index (χ1n) is 10.3. The highest BCUT2D eigenvalue weighted by molar-refractivity contribution is 7.23. The molecule has 11 heteroatoms. The van der Waals surface area contributed by atoms with Crippen molar-refractivity contribution in [3.05, 3.63) is 63.9 Å². The number of carbonyl (C=O) groups excluding carboxylic acids is 1. The topological polar surface area (TPSA) is 107 Å². The Morgan fingerprint density at radius 2 is 2.00 bits per heavy atom. The molecule has 0 radical (unpaired) electrons. The van der Waals surface area contributed by atoms with E-state index in [4.69, 9.17) is 9.47 Å². The van der Waals surface area contributed by atoms with E-state index in [-0.39, 0.29) is 18.6 Å². The molecule has 0 bridgehead atoms. The Balaban J connectivity index is 1.41. The molecular formula is C23H23N5O4S2. The number of urea groups is 1. The fraction of sp³-hybridized carbons (Fsp3) is 0.217. The molecule has 9 nitrogen and oxygen atoms in total. The van der Waals surface area contributed by atoms with E-state index in [1.807, 2.05) is 24.4 Å². The summed E-state index contributed by atoms with van der Waals surface area (Å²) in [7, 11) is 3.07. The van der Waals surface area contributed by atoms with Crippen LogP contribution in [0.1, 0.15) is 5.69 Å². The van der Waals surface area contributed by atoms with Crippen molar-refractivity contribution in [2.75, 3.05) is 26.1 Å². The van der Waals surface area contributed by atoms with Crippen LogP contribution in [0.25, 0.3) is 20.5 Å². The Morgan fingerprint density at radius 3 is 2.74 bits per heavy atom. The van der Waals surface area contributed by atoms with Crippen molar-refractivity contribution in [1.82, 2.24) is 20.1 Å². The van der Waals surface area contributed by atoms with Gasteiger partial charge < -0.3 is 20.1 Å². The molecule has 4 rings (SSSR count). The van der Waals surface area contributed by atoms with Crippen molar-refractivity contribution in [2.45, 2.75) is 13.5 Å². The van der Waals surface area contributed by atoms with Crippen LogP contribution in [0, 0.1) is 6.92 Å². The predicted octanol–water partition coefficient (Wildman–Crippen LogP) is 4.24. The lowest BCUT2D eigenvalue weighted by Gasteiger charge is -2.12. The zero-order valence-corrected chi connectivity index (χ0v) is 20.5. The number of amides is 2. The van der Waals surface area contributed by atoms with E-state index in [1.54, 1.807) is 54.0 Å². The molecule has 0 aliphatic rings. The van der Waals surface area contributed by atoms with Crippen LogP contribution in [-0.4, -0.2) is 41.6 Å². The van der Waals surface area contributed by atoms with Crippen LogP contribution in [0.3, 0.4) is 0 Å². The summed E-state index contributed by atoms with van der Waals surface area (Å²) < 4.78 is 11.8. The first kappa shape index (κ1) is 23.5. The molecule has 2 N–H and O–H groups in total. The maximum atomic E-state index is 12.3. The van der Waals surface area contributed by atoms with Gasteiger partial charge in [0, 0.05) is 18.7 Å². The fourth-order valence-corrected chi connectivity index (χ4v) is 5.04. The molecule has 176 valence electrons. The van der Waals surface area contributed by atoms with Crippen molar-refractivity contribution in [3.63, 3.8) is 0 Å². The van der Waals surface area contributed by atoms with E-state index < -0.39 is 6.03 Å². The molecular weight excluding hydrogens is 474 g/mol. The number of anilines is 1. The Bertz CT molecular complexity index is 1350. The third kappa shape index (κ3) is 5.26. The average Bonchev–Trinajstić information content (AvgIpc) is 3.50. The van der Waals surface area contributed by atoms with Gasteiger partial charge in [0.1, 0.15) is 22.2 Å². The van der Waals surface area contributed by atoms with Crippen molar-refractivity contribution in [1.29, 1.82) is 0 Å². The Hall–Kier alpha value is -3.70. The van der Waals surface area contributed by atoms with Gasteiger partial charge in [-0.05, 0) is 36.6 Å². The van der Waals surface area contributed by atoms with Crippen LogP contribution in [0.5, 0.6) is 11.5 Å². The molecule has 0 atom stereocenters. The molecule has 1 aromatic carbocycles. The van der Waals surface area contributed by atoms with Crippen molar-refractivity contribution in [2.24, 2.45) is 0 Å². The highest BCUT2D eigenvalue weighted by Crippen LogP contribution is 2.35. The molecule has 0 unspecified atom stereocenters. The third-order valence-corrected chi connectivity index (χ3v) is 7.11. The number of methoxy groups -OCH3 is 2. The smallest absolute Gasteiger partial charge is 0.319 e. The standard InChI is InChI=1S/C23H23N5O4S2/c1-14-21(34-22(25-14)19-5-4-12-33-19)17-8-9-20(29)28(27-17)11-10-24-23(30)26-16-7-6-15(31-2)13-18(16)32-3/h4-9,12-13H,10-11H2,1-3H3,(H2,24,26,30). The first-order chi connectivity index (χ1) is 16.5. The van der Waals surface area contributed by atoms with E-state index in [0.717, 1.165) is 20.5 Å². The number of benzene rings is 1. The highest BCUT2D eigenvalue weighted by atomic mass is 32.1. The van der Waals surface area contributed by atoms with Crippen molar-refractivity contribution in [3.8, 4) is 32.0 Å². The molecule has 4 aromatic rings. The number of rotatable bonds is 8. The minimum Gasteiger partial charge on any atom is -0.497 e. The van der Waals surface area contributed by atoms with E-state index in [1.165, 1.54) is 17.9 Å². The molecule has 3 aromatic heterocycles. The maximum Gasteiger partial charge on any atom is 0.319 e. The number of thiophene rings is 1. The highest BCUT2D eigenvalue weighted by Gasteiger charge is 2.14. The second-order valence-electron chi connectivity index (χ2n) is 7.14. The summed E-state index contributed by atoms with van der Waals surface area (Å²) in [5, 5.41) is 12.9. The van der Waals surface area contributed by atoms with Crippen LogP contribution >= 0.6 is 22.7 Å².